The molecular weight excluding hydrogens is 302 g/mol. The Hall–Kier alpha value is -3.36. The number of hydrazone groups is 1. The van der Waals surface area contributed by atoms with Gasteiger partial charge in [-0.3, -0.25) is 14.3 Å². The topological polar surface area (TPSA) is 143 Å². The van der Waals surface area contributed by atoms with Crippen LogP contribution in [0, 0.1) is 0 Å². The largest absolute Gasteiger partial charge is 0.494 e. The van der Waals surface area contributed by atoms with Crippen molar-refractivity contribution in [2.24, 2.45) is 10.8 Å². The van der Waals surface area contributed by atoms with E-state index in [0.29, 0.717) is 0 Å². The van der Waals surface area contributed by atoms with Crippen LogP contribution < -0.4 is 22.4 Å². The van der Waals surface area contributed by atoms with Crippen molar-refractivity contribution in [2.75, 3.05) is 0 Å². The number of nitrogens with one attached hydrogen (secondary N) is 2. The molecule has 1 aromatic carbocycles. The van der Waals surface area contributed by atoms with Crippen molar-refractivity contribution in [1.29, 1.82) is 0 Å². The molecule has 0 fully saturated rings. The summed E-state index contributed by atoms with van der Waals surface area (Å²) in [5.74, 6) is -0.546. The van der Waals surface area contributed by atoms with Crippen molar-refractivity contribution in [1.82, 2.24) is 15.0 Å². The van der Waals surface area contributed by atoms with E-state index in [1.807, 2.05) is 11.5 Å². The number of aromatic hydroxyl groups is 1. The van der Waals surface area contributed by atoms with E-state index in [0.717, 1.165) is 10.1 Å². The van der Waals surface area contributed by atoms with Gasteiger partial charge >= 0.3 is 11.7 Å². The van der Waals surface area contributed by atoms with Crippen LogP contribution in [0.5, 0.6) is 5.88 Å². The van der Waals surface area contributed by atoms with Crippen LogP contribution in [0.2, 0.25) is 0 Å². The van der Waals surface area contributed by atoms with Gasteiger partial charge in [-0.05, 0) is 12.5 Å². The van der Waals surface area contributed by atoms with Gasteiger partial charge in [-0.1, -0.05) is 30.3 Å². The lowest BCUT2D eigenvalue weighted by molar-refractivity contribution is 0.249. The molecule has 0 saturated carbocycles. The number of H-pyrrole nitrogens is 1. The molecule has 2 aromatic rings. The second kappa shape index (κ2) is 6.60. The van der Waals surface area contributed by atoms with Gasteiger partial charge in [0.2, 0.25) is 5.88 Å². The minimum absolute atomic E-state index is 0.00404. The lowest BCUT2D eigenvalue weighted by Gasteiger charge is -2.11. The molecule has 0 spiro atoms. The highest BCUT2D eigenvalue weighted by molar-refractivity contribution is 6.00. The molecule has 1 aromatic heterocycles. The third-order valence-corrected chi connectivity index (χ3v) is 3.05. The molecule has 23 heavy (non-hydrogen) atoms. The number of aromatic amines is 1. The summed E-state index contributed by atoms with van der Waals surface area (Å²) in [6.07, 6.45) is 0. The zero-order valence-electron chi connectivity index (χ0n) is 12.2. The Morgan fingerprint density at radius 2 is 2.00 bits per heavy atom. The smallest absolute Gasteiger partial charge is 0.332 e. The Kier molecular flexibility index (Phi) is 4.60. The minimum Gasteiger partial charge on any atom is -0.494 e. The molecule has 0 aliphatic carbocycles. The van der Waals surface area contributed by atoms with Crippen molar-refractivity contribution in [3.63, 3.8) is 0 Å². The number of nitrogens with two attached hydrogens (primary N) is 1. The number of aromatic nitrogens is 2. The molecule has 5 N–H and O–H groups in total. The maximum absolute atomic E-state index is 11.9. The molecule has 2 rings (SSSR count). The molecule has 0 bridgehead atoms. The standard InChI is InChI=1S/C14H15N5O4/c1-8(17-18-13(15)22)10-11(20)16-14(23)19(12(10)21)7-9-5-3-2-4-6-9/h2-6,21H,7H2,1H3,(H3,15,18,22)(H,16,20,23)/b17-8+. The van der Waals surface area contributed by atoms with E-state index in [1.165, 1.54) is 6.92 Å². The second-order valence-corrected chi connectivity index (χ2v) is 4.70. The molecular formula is C14H15N5O4. The zero-order chi connectivity index (χ0) is 17.0. The number of rotatable bonds is 4. The number of primary amides is 1. The van der Waals surface area contributed by atoms with Gasteiger partial charge < -0.3 is 10.8 Å². The number of carbonyl (C=O) groups is 1. The van der Waals surface area contributed by atoms with E-state index in [1.54, 1.807) is 24.3 Å². The average molecular weight is 317 g/mol. The summed E-state index contributed by atoms with van der Waals surface area (Å²) >= 11 is 0. The van der Waals surface area contributed by atoms with Gasteiger partial charge in [-0.15, -0.1) is 0 Å². The number of hydrogen-bond donors (Lipinski definition) is 4. The number of carbonyl (C=O) groups excluding carboxylic acids is 1. The van der Waals surface area contributed by atoms with Crippen LogP contribution in [0.25, 0.3) is 0 Å². The van der Waals surface area contributed by atoms with E-state index in [4.69, 9.17) is 5.73 Å². The molecule has 0 saturated heterocycles. The van der Waals surface area contributed by atoms with E-state index in [9.17, 15) is 19.5 Å². The molecule has 0 atom stereocenters. The molecule has 0 aliphatic rings. The van der Waals surface area contributed by atoms with E-state index >= 15 is 0 Å². The Morgan fingerprint density at radius 1 is 1.35 bits per heavy atom. The number of hydrogen-bond acceptors (Lipinski definition) is 5. The summed E-state index contributed by atoms with van der Waals surface area (Å²) in [5, 5.41) is 13.9. The van der Waals surface area contributed by atoms with E-state index < -0.39 is 23.2 Å². The van der Waals surface area contributed by atoms with E-state index in [-0.39, 0.29) is 17.8 Å². The first kappa shape index (κ1) is 16.0. The molecule has 0 unspecified atom stereocenters. The minimum atomic E-state index is -0.919. The zero-order valence-corrected chi connectivity index (χ0v) is 12.2. The SMILES string of the molecule is C/C(=N\NC(N)=O)c1c(O)n(Cc2ccccc2)c(=O)[nH]c1=O. The summed E-state index contributed by atoms with van der Waals surface area (Å²) in [6.45, 7) is 1.45. The van der Waals surface area contributed by atoms with Gasteiger partial charge in [0, 0.05) is 0 Å². The third kappa shape index (κ3) is 3.64. The Bertz CT molecular complexity index is 867. The fraction of sp³-hybridized carbons (Fsp3) is 0.143. The first-order chi connectivity index (χ1) is 10.9. The van der Waals surface area contributed by atoms with Crippen LogP contribution >= 0.6 is 0 Å². The lowest BCUT2D eigenvalue weighted by Crippen LogP contribution is -2.34. The van der Waals surface area contributed by atoms with Gasteiger partial charge in [-0.25, -0.2) is 15.0 Å². The highest BCUT2D eigenvalue weighted by Crippen LogP contribution is 2.13. The van der Waals surface area contributed by atoms with Crippen LogP contribution in [0.15, 0.2) is 45.0 Å². The number of nitrogens with zero attached hydrogens (tertiary/aromatic N) is 2. The molecule has 9 nitrogen and oxygen atoms in total. The highest BCUT2D eigenvalue weighted by Gasteiger charge is 2.17. The van der Waals surface area contributed by atoms with Crippen LogP contribution in [0.3, 0.4) is 0 Å². The predicted molar refractivity (Wildman–Crippen MR) is 83.5 cm³/mol. The van der Waals surface area contributed by atoms with Crippen molar-refractivity contribution in [3.05, 3.63) is 62.3 Å². The molecule has 2 amide bonds. The van der Waals surface area contributed by atoms with Crippen molar-refractivity contribution < 1.29 is 9.90 Å². The first-order valence-corrected chi connectivity index (χ1v) is 6.60. The van der Waals surface area contributed by atoms with Gasteiger partial charge in [0.1, 0.15) is 5.56 Å². The van der Waals surface area contributed by atoms with Gasteiger partial charge in [-0.2, -0.15) is 5.10 Å². The Morgan fingerprint density at radius 3 is 2.61 bits per heavy atom. The summed E-state index contributed by atoms with van der Waals surface area (Å²) in [7, 11) is 0. The predicted octanol–water partition coefficient (Wildman–Crippen LogP) is -0.317. The number of urea groups is 1. The quantitative estimate of drug-likeness (QED) is 0.453. The molecule has 0 aliphatic heterocycles. The normalized spacial score (nSPS) is 11.3. The summed E-state index contributed by atoms with van der Waals surface area (Å²) < 4.78 is 0.995. The molecule has 120 valence electrons. The first-order valence-electron chi connectivity index (χ1n) is 6.60. The van der Waals surface area contributed by atoms with Gasteiger partial charge in [0.25, 0.3) is 5.56 Å². The van der Waals surface area contributed by atoms with Crippen LogP contribution in [-0.2, 0) is 6.54 Å². The average Bonchev–Trinajstić information content (AvgIpc) is 2.50. The summed E-state index contributed by atoms with van der Waals surface area (Å²) in [6, 6.07) is 8.01. The fourth-order valence-electron chi connectivity index (χ4n) is 1.99. The van der Waals surface area contributed by atoms with Gasteiger partial charge in [0.05, 0.1) is 12.3 Å². The van der Waals surface area contributed by atoms with Gasteiger partial charge in [0.15, 0.2) is 0 Å². The van der Waals surface area contributed by atoms with Crippen molar-refractivity contribution in [2.45, 2.75) is 13.5 Å². The summed E-state index contributed by atoms with van der Waals surface area (Å²) in [4.78, 5) is 36.6. The lowest BCUT2D eigenvalue weighted by atomic mass is 10.2. The number of amides is 2. The Labute approximate surface area is 130 Å². The van der Waals surface area contributed by atoms with Crippen LogP contribution in [0.4, 0.5) is 4.79 Å². The molecule has 1 heterocycles. The molecule has 9 heteroatoms. The van der Waals surface area contributed by atoms with Crippen LogP contribution in [-0.4, -0.2) is 26.4 Å². The number of benzene rings is 1. The maximum atomic E-state index is 11.9. The van der Waals surface area contributed by atoms with Crippen molar-refractivity contribution in [3.8, 4) is 5.88 Å². The highest BCUT2D eigenvalue weighted by atomic mass is 16.3. The Balaban J connectivity index is 2.51. The summed E-state index contributed by atoms with van der Waals surface area (Å²) in [5.41, 5.74) is 5.81. The fourth-order valence-corrected chi connectivity index (χ4v) is 1.99. The third-order valence-electron chi connectivity index (χ3n) is 3.05. The maximum Gasteiger partial charge on any atom is 0.332 e. The van der Waals surface area contributed by atoms with Crippen molar-refractivity contribution >= 4 is 11.7 Å². The monoisotopic (exact) mass is 317 g/mol. The van der Waals surface area contributed by atoms with Crippen LogP contribution in [0.1, 0.15) is 18.1 Å². The van der Waals surface area contributed by atoms with E-state index in [2.05, 4.69) is 10.1 Å². The molecule has 0 radical (unpaired) electrons. The second-order valence-electron chi connectivity index (χ2n) is 4.70.